The van der Waals surface area contributed by atoms with Crippen LogP contribution in [0.15, 0.2) is 17.0 Å². The fraction of sp³-hybridized carbons (Fsp3) is 0.571. The summed E-state index contributed by atoms with van der Waals surface area (Å²) in [6, 6.07) is 3.13. The maximum atomic E-state index is 12.9. The summed E-state index contributed by atoms with van der Waals surface area (Å²) < 4.78 is 27.3. The van der Waals surface area contributed by atoms with E-state index in [1.807, 2.05) is 6.92 Å². The van der Waals surface area contributed by atoms with Gasteiger partial charge in [0.1, 0.15) is 4.90 Å². The Hall–Kier alpha value is -0.330. The molecule has 2 rings (SSSR count). The zero-order chi connectivity index (χ0) is 15.6. The normalized spacial score (nSPS) is 15.7. The molecule has 1 aromatic rings. The summed E-state index contributed by atoms with van der Waals surface area (Å²) in [5.41, 5.74) is 6.09. The molecule has 1 saturated carbocycles. The van der Waals surface area contributed by atoms with E-state index in [1.165, 1.54) is 6.07 Å². The summed E-state index contributed by atoms with van der Waals surface area (Å²) >= 11 is 12.2. The van der Waals surface area contributed by atoms with Gasteiger partial charge >= 0.3 is 0 Å². The topological polar surface area (TPSA) is 63.4 Å². The number of nitrogens with zero attached hydrogens (tertiary/aromatic N) is 1. The van der Waals surface area contributed by atoms with Crippen LogP contribution in [0.2, 0.25) is 10.0 Å². The summed E-state index contributed by atoms with van der Waals surface area (Å²) in [4.78, 5) is 0.108. The van der Waals surface area contributed by atoms with Gasteiger partial charge in [-0.15, -0.1) is 0 Å². The highest BCUT2D eigenvalue weighted by molar-refractivity contribution is 7.89. The number of nitrogens with two attached hydrogens (primary N) is 1. The zero-order valence-electron chi connectivity index (χ0n) is 12.0. The standard InChI is InChI=1S/C14H20Cl2N2O2S/c1-2-3-8-18(10-4-5-10)21(19,20)13-7-6-12(15)11(9-17)14(13)16/h6-7,10H,2-5,8-9,17H2,1H3. The smallest absolute Gasteiger partial charge is 0.244 e. The first-order valence-electron chi connectivity index (χ1n) is 7.12. The molecule has 0 aliphatic heterocycles. The zero-order valence-corrected chi connectivity index (χ0v) is 14.3. The van der Waals surface area contributed by atoms with Crippen molar-refractivity contribution < 1.29 is 8.42 Å². The molecular formula is C14H20Cl2N2O2S. The first-order chi connectivity index (χ1) is 9.93. The summed E-state index contributed by atoms with van der Waals surface area (Å²) in [5.74, 6) is 0. The predicted molar refractivity (Wildman–Crippen MR) is 86.2 cm³/mol. The number of benzene rings is 1. The van der Waals surface area contributed by atoms with Gasteiger partial charge in [-0.2, -0.15) is 4.31 Å². The van der Waals surface area contributed by atoms with Crippen LogP contribution in [0.25, 0.3) is 0 Å². The molecule has 0 bridgehead atoms. The Bertz CT molecular complexity index is 616. The van der Waals surface area contributed by atoms with Gasteiger partial charge in [-0.25, -0.2) is 8.42 Å². The van der Waals surface area contributed by atoms with Crippen LogP contribution in [0, 0.1) is 0 Å². The predicted octanol–water partition coefficient (Wildman–Crippen LogP) is 3.41. The second-order valence-corrected chi connectivity index (χ2v) is 7.89. The van der Waals surface area contributed by atoms with Gasteiger partial charge in [-0.05, 0) is 31.4 Å². The average Bonchev–Trinajstić information content (AvgIpc) is 3.23. The second kappa shape index (κ2) is 6.84. The first kappa shape index (κ1) is 17.0. The maximum absolute atomic E-state index is 12.9. The van der Waals surface area contributed by atoms with Gasteiger partial charge in [-0.1, -0.05) is 36.5 Å². The summed E-state index contributed by atoms with van der Waals surface area (Å²) in [6.07, 6.45) is 3.61. The minimum absolute atomic E-state index is 0.106. The van der Waals surface area contributed by atoms with Crippen LogP contribution in [0.5, 0.6) is 0 Å². The maximum Gasteiger partial charge on any atom is 0.244 e. The van der Waals surface area contributed by atoms with Gasteiger partial charge in [-0.3, -0.25) is 0 Å². The molecule has 7 heteroatoms. The van der Waals surface area contributed by atoms with E-state index in [4.69, 9.17) is 28.9 Å². The third-order valence-corrected chi connectivity index (χ3v) is 6.52. The van der Waals surface area contributed by atoms with Crippen molar-refractivity contribution in [3.8, 4) is 0 Å². The lowest BCUT2D eigenvalue weighted by Gasteiger charge is -2.23. The van der Waals surface area contributed by atoms with Crippen molar-refractivity contribution >= 4 is 33.2 Å². The van der Waals surface area contributed by atoms with E-state index in [0.717, 1.165) is 25.7 Å². The number of rotatable bonds is 7. The number of halogens is 2. The molecule has 1 fully saturated rings. The molecule has 0 amide bonds. The van der Waals surface area contributed by atoms with Crippen LogP contribution < -0.4 is 5.73 Å². The Labute approximate surface area is 136 Å². The van der Waals surface area contributed by atoms with Crippen molar-refractivity contribution in [3.63, 3.8) is 0 Å². The minimum atomic E-state index is -3.60. The van der Waals surface area contributed by atoms with E-state index < -0.39 is 10.0 Å². The molecule has 2 N–H and O–H groups in total. The number of unbranched alkanes of at least 4 members (excludes halogenated alkanes) is 1. The van der Waals surface area contributed by atoms with E-state index in [0.29, 0.717) is 17.1 Å². The number of sulfonamides is 1. The molecule has 0 saturated heterocycles. The molecule has 1 aliphatic carbocycles. The molecule has 0 spiro atoms. The largest absolute Gasteiger partial charge is 0.326 e. The average molecular weight is 351 g/mol. The van der Waals surface area contributed by atoms with Crippen molar-refractivity contribution in [2.45, 2.75) is 50.1 Å². The molecule has 0 heterocycles. The van der Waals surface area contributed by atoms with Crippen LogP contribution in [-0.4, -0.2) is 25.3 Å². The second-order valence-electron chi connectivity index (χ2n) is 5.24. The van der Waals surface area contributed by atoms with Crippen LogP contribution in [0.1, 0.15) is 38.2 Å². The fourth-order valence-electron chi connectivity index (χ4n) is 2.26. The number of hydrogen-bond acceptors (Lipinski definition) is 3. The van der Waals surface area contributed by atoms with E-state index >= 15 is 0 Å². The van der Waals surface area contributed by atoms with E-state index in [2.05, 4.69) is 0 Å². The Morgan fingerprint density at radius 1 is 1.33 bits per heavy atom. The molecule has 118 valence electrons. The molecule has 1 aromatic carbocycles. The summed E-state index contributed by atoms with van der Waals surface area (Å²) in [7, 11) is -3.60. The fourth-order valence-corrected chi connectivity index (χ4v) is 4.90. The quantitative estimate of drug-likeness (QED) is 0.819. The van der Waals surface area contributed by atoms with Gasteiger partial charge < -0.3 is 5.73 Å². The summed E-state index contributed by atoms with van der Waals surface area (Å²) in [6.45, 7) is 2.68. The molecule has 0 radical (unpaired) electrons. The lowest BCUT2D eigenvalue weighted by atomic mass is 10.2. The molecule has 0 atom stereocenters. The van der Waals surface area contributed by atoms with Crippen LogP contribution >= 0.6 is 23.2 Å². The third kappa shape index (κ3) is 3.54. The van der Waals surface area contributed by atoms with Gasteiger partial charge in [0.05, 0.1) is 5.02 Å². The lowest BCUT2D eigenvalue weighted by Crippen LogP contribution is -2.34. The van der Waals surface area contributed by atoms with E-state index in [-0.39, 0.29) is 22.5 Å². The Morgan fingerprint density at radius 3 is 2.52 bits per heavy atom. The molecule has 0 unspecified atom stereocenters. The van der Waals surface area contributed by atoms with E-state index in [9.17, 15) is 8.42 Å². The van der Waals surface area contributed by atoms with Crippen molar-refractivity contribution in [3.05, 3.63) is 27.7 Å². The van der Waals surface area contributed by atoms with Gasteiger partial charge in [0.25, 0.3) is 0 Å². The van der Waals surface area contributed by atoms with Crippen LogP contribution in [0.3, 0.4) is 0 Å². The Kier molecular flexibility index (Phi) is 5.54. The number of hydrogen-bond donors (Lipinski definition) is 1. The Balaban J connectivity index is 2.42. The molecule has 1 aliphatic rings. The van der Waals surface area contributed by atoms with Crippen molar-refractivity contribution in [2.24, 2.45) is 5.73 Å². The highest BCUT2D eigenvalue weighted by Gasteiger charge is 2.38. The van der Waals surface area contributed by atoms with Crippen molar-refractivity contribution in [1.29, 1.82) is 0 Å². The Morgan fingerprint density at radius 2 is 2.00 bits per heavy atom. The molecule has 21 heavy (non-hydrogen) atoms. The molecular weight excluding hydrogens is 331 g/mol. The van der Waals surface area contributed by atoms with Crippen LogP contribution in [0.4, 0.5) is 0 Å². The molecule has 0 aromatic heterocycles. The van der Waals surface area contributed by atoms with Crippen molar-refractivity contribution in [2.75, 3.05) is 6.54 Å². The van der Waals surface area contributed by atoms with Gasteiger partial charge in [0.15, 0.2) is 0 Å². The van der Waals surface area contributed by atoms with Crippen molar-refractivity contribution in [1.82, 2.24) is 4.31 Å². The molecule has 4 nitrogen and oxygen atoms in total. The highest BCUT2D eigenvalue weighted by Crippen LogP contribution is 2.37. The third-order valence-electron chi connectivity index (χ3n) is 3.63. The van der Waals surface area contributed by atoms with Gasteiger partial charge in [0.2, 0.25) is 10.0 Å². The van der Waals surface area contributed by atoms with Gasteiger partial charge in [0, 0.05) is 29.7 Å². The minimum Gasteiger partial charge on any atom is -0.326 e. The lowest BCUT2D eigenvalue weighted by molar-refractivity contribution is 0.395. The first-order valence-corrected chi connectivity index (χ1v) is 9.31. The SMILES string of the molecule is CCCCN(C1CC1)S(=O)(=O)c1ccc(Cl)c(CN)c1Cl. The van der Waals surface area contributed by atoms with E-state index in [1.54, 1.807) is 10.4 Å². The monoisotopic (exact) mass is 350 g/mol. The highest BCUT2D eigenvalue weighted by atomic mass is 35.5. The summed E-state index contributed by atoms with van der Waals surface area (Å²) in [5, 5.41) is 0.542. The van der Waals surface area contributed by atoms with Crippen LogP contribution in [-0.2, 0) is 16.6 Å².